The fourth-order valence-electron chi connectivity index (χ4n) is 1.77. The van der Waals surface area contributed by atoms with Gasteiger partial charge < -0.3 is 4.90 Å². The average Bonchev–Trinajstić information content (AvgIpc) is 2.39. The molecule has 0 radical (unpaired) electrons. The van der Waals surface area contributed by atoms with Crippen molar-refractivity contribution >= 4 is 17.3 Å². The highest BCUT2D eigenvalue weighted by molar-refractivity contribution is 6.17. The Balaban J connectivity index is 2.46. The quantitative estimate of drug-likeness (QED) is 0.518. The van der Waals surface area contributed by atoms with E-state index in [9.17, 15) is 0 Å². The summed E-state index contributed by atoms with van der Waals surface area (Å²) in [6, 6.07) is 12.5. The minimum absolute atomic E-state index is 0.574. The fraction of sp³-hybridized carbons (Fsp3) is 0.500. The van der Waals surface area contributed by atoms with Crippen LogP contribution in [0.5, 0.6) is 0 Å². The number of hydrogen-bond donors (Lipinski definition) is 0. The minimum atomic E-state index is 0.574. The second-order valence-electron chi connectivity index (χ2n) is 3.98. The molecule has 17 heavy (non-hydrogen) atoms. The molecule has 0 aliphatic carbocycles. The molecule has 1 aromatic carbocycles. The standard InChI is InChI=1S/C14H19ClN2/c15-10-5-2-6-12-17(13-7-11-16)14-8-3-1-4-9-14/h1,3-4,8-9H,2,5-7,10,12-13H2. The number of nitriles is 1. The Labute approximate surface area is 109 Å². The van der Waals surface area contributed by atoms with Crippen molar-refractivity contribution in [2.45, 2.75) is 25.7 Å². The van der Waals surface area contributed by atoms with Gasteiger partial charge in [0.05, 0.1) is 12.5 Å². The lowest BCUT2D eigenvalue weighted by atomic mass is 10.2. The monoisotopic (exact) mass is 250 g/mol. The van der Waals surface area contributed by atoms with Crippen molar-refractivity contribution in [1.82, 2.24) is 0 Å². The Morgan fingerprint density at radius 3 is 2.47 bits per heavy atom. The van der Waals surface area contributed by atoms with Crippen molar-refractivity contribution in [2.75, 3.05) is 23.9 Å². The number of nitrogens with zero attached hydrogens (tertiary/aromatic N) is 2. The molecule has 0 heterocycles. The molecule has 0 atom stereocenters. The highest BCUT2D eigenvalue weighted by Crippen LogP contribution is 2.14. The topological polar surface area (TPSA) is 27.0 Å². The predicted molar refractivity (Wildman–Crippen MR) is 73.5 cm³/mol. The molecular weight excluding hydrogens is 232 g/mol. The van der Waals surface area contributed by atoms with Gasteiger partial charge in [-0.15, -0.1) is 11.6 Å². The van der Waals surface area contributed by atoms with Crippen LogP contribution in [0.2, 0.25) is 0 Å². The predicted octanol–water partition coefficient (Wildman–Crippen LogP) is 3.82. The maximum absolute atomic E-state index is 8.68. The molecule has 0 bridgehead atoms. The smallest absolute Gasteiger partial charge is 0.0640 e. The zero-order valence-corrected chi connectivity index (χ0v) is 10.9. The number of unbranched alkanes of at least 4 members (excludes halogenated alkanes) is 2. The van der Waals surface area contributed by atoms with E-state index in [-0.39, 0.29) is 0 Å². The van der Waals surface area contributed by atoms with Gasteiger partial charge >= 0.3 is 0 Å². The summed E-state index contributed by atoms with van der Waals surface area (Å²) < 4.78 is 0. The number of anilines is 1. The van der Waals surface area contributed by atoms with Crippen LogP contribution in [0, 0.1) is 11.3 Å². The molecule has 0 N–H and O–H groups in total. The Morgan fingerprint density at radius 1 is 1.06 bits per heavy atom. The number of para-hydroxylation sites is 1. The molecule has 0 spiro atoms. The van der Waals surface area contributed by atoms with Crippen LogP contribution in [0.25, 0.3) is 0 Å². The summed E-state index contributed by atoms with van der Waals surface area (Å²) in [6.45, 7) is 1.81. The fourth-order valence-corrected chi connectivity index (χ4v) is 1.96. The molecule has 0 aromatic heterocycles. The third-order valence-electron chi connectivity index (χ3n) is 2.68. The zero-order valence-electron chi connectivity index (χ0n) is 10.1. The van der Waals surface area contributed by atoms with E-state index < -0.39 is 0 Å². The number of halogens is 1. The largest absolute Gasteiger partial charge is 0.371 e. The van der Waals surface area contributed by atoms with Crippen molar-refractivity contribution in [3.63, 3.8) is 0 Å². The van der Waals surface area contributed by atoms with E-state index in [1.165, 1.54) is 5.69 Å². The van der Waals surface area contributed by atoms with Gasteiger partial charge in [-0.25, -0.2) is 0 Å². The molecule has 0 fully saturated rings. The molecule has 0 amide bonds. The molecule has 0 saturated heterocycles. The van der Waals surface area contributed by atoms with E-state index in [0.717, 1.165) is 38.2 Å². The van der Waals surface area contributed by atoms with E-state index >= 15 is 0 Å². The van der Waals surface area contributed by atoms with E-state index in [2.05, 4.69) is 23.1 Å². The maximum Gasteiger partial charge on any atom is 0.0640 e. The maximum atomic E-state index is 8.68. The normalized spacial score (nSPS) is 9.88. The molecule has 0 saturated carbocycles. The Morgan fingerprint density at radius 2 is 1.82 bits per heavy atom. The molecule has 2 nitrogen and oxygen atoms in total. The summed E-state index contributed by atoms with van der Waals surface area (Å²) >= 11 is 5.66. The summed E-state index contributed by atoms with van der Waals surface area (Å²) in [5.41, 5.74) is 1.20. The van der Waals surface area contributed by atoms with E-state index in [4.69, 9.17) is 16.9 Å². The Kier molecular flexibility index (Phi) is 7.25. The van der Waals surface area contributed by atoms with E-state index in [1.54, 1.807) is 0 Å². The van der Waals surface area contributed by atoms with Crippen molar-refractivity contribution in [2.24, 2.45) is 0 Å². The molecule has 0 aliphatic heterocycles. The SMILES string of the molecule is N#CCCN(CCCCCCl)c1ccccc1. The van der Waals surface area contributed by atoms with Gasteiger partial charge in [0, 0.05) is 24.7 Å². The number of rotatable bonds is 8. The van der Waals surface area contributed by atoms with Gasteiger partial charge in [-0.2, -0.15) is 5.26 Å². The van der Waals surface area contributed by atoms with Gasteiger partial charge in [-0.3, -0.25) is 0 Å². The highest BCUT2D eigenvalue weighted by atomic mass is 35.5. The first-order valence-electron chi connectivity index (χ1n) is 6.11. The molecule has 1 aromatic rings. The van der Waals surface area contributed by atoms with Crippen molar-refractivity contribution in [1.29, 1.82) is 5.26 Å². The minimum Gasteiger partial charge on any atom is -0.371 e. The van der Waals surface area contributed by atoms with Crippen molar-refractivity contribution in [3.8, 4) is 6.07 Å². The molecule has 3 heteroatoms. The third kappa shape index (κ3) is 5.60. The summed E-state index contributed by atoms with van der Waals surface area (Å²) in [4.78, 5) is 2.28. The lowest BCUT2D eigenvalue weighted by Crippen LogP contribution is -2.25. The second kappa shape index (κ2) is 8.90. The summed E-state index contributed by atoms with van der Waals surface area (Å²) in [6.07, 6.45) is 3.93. The van der Waals surface area contributed by atoms with Gasteiger partial charge in [0.25, 0.3) is 0 Å². The highest BCUT2D eigenvalue weighted by Gasteiger charge is 2.04. The van der Waals surface area contributed by atoms with Crippen LogP contribution in [-0.2, 0) is 0 Å². The number of benzene rings is 1. The number of hydrogen-bond acceptors (Lipinski definition) is 2. The van der Waals surface area contributed by atoms with Crippen molar-refractivity contribution in [3.05, 3.63) is 30.3 Å². The van der Waals surface area contributed by atoms with Crippen molar-refractivity contribution < 1.29 is 0 Å². The van der Waals surface area contributed by atoms with Gasteiger partial charge in [-0.05, 0) is 25.0 Å². The molecule has 0 aliphatic rings. The second-order valence-corrected chi connectivity index (χ2v) is 4.36. The van der Waals surface area contributed by atoms with Crippen LogP contribution in [0.3, 0.4) is 0 Å². The Bertz CT molecular complexity index is 332. The first-order chi connectivity index (χ1) is 8.38. The van der Waals surface area contributed by atoms with Gasteiger partial charge in [0.1, 0.15) is 0 Å². The molecule has 0 unspecified atom stereocenters. The Hall–Kier alpha value is -1.20. The van der Waals surface area contributed by atoms with Gasteiger partial charge in [-0.1, -0.05) is 24.6 Å². The first kappa shape index (κ1) is 13.9. The lowest BCUT2D eigenvalue weighted by molar-refractivity contribution is 0.679. The van der Waals surface area contributed by atoms with E-state index in [0.29, 0.717) is 6.42 Å². The van der Waals surface area contributed by atoms with Crippen LogP contribution in [0.1, 0.15) is 25.7 Å². The van der Waals surface area contributed by atoms with Crippen LogP contribution >= 0.6 is 11.6 Å². The summed E-state index contributed by atoms with van der Waals surface area (Å²) in [5, 5.41) is 8.68. The van der Waals surface area contributed by atoms with Crippen LogP contribution in [0.4, 0.5) is 5.69 Å². The van der Waals surface area contributed by atoms with Crippen LogP contribution in [-0.4, -0.2) is 19.0 Å². The average molecular weight is 251 g/mol. The zero-order chi connectivity index (χ0) is 12.3. The molecule has 1 rings (SSSR count). The number of alkyl halides is 1. The third-order valence-corrected chi connectivity index (χ3v) is 2.94. The van der Waals surface area contributed by atoms with Gasteiger partial charge in [0.2, 0.25) is 0 Å². The lowest BCUT2D eigenvalue weighted by Gasteiger charge is -2.23. The van der Waals surface area contributed by atoms with Crippen LogP contribution < -0.4 is 4.90 Å². The summed E-state index contributed by atoms with van der Waals surface area (Å²) in [7, 11) is 0. The summed E-state index contributed by atoms with van der Waals surface area (Å²) in [5.74, 6) is 0.740. The van der Waals surface area contributed by atoms with Crippen LogP contribution in [0.15, 0.2) is 30.3 Å². The molecule has 92 valence electrons. The van der Waals surface area contributed by atoms with E-state index in [1.807, 2.05) is 18.2 Å². The first-order valence-corrected chi connectivity index (χ1v) is 6.65. The molecular formula is C14H19ClN2. The van der Waals surface area contributed by atoms with Gasteiger partial charge in [0.15, 0.2) is 0 Å².